The van der Waals surface area contributed by atoms with Gasteiger partial charge in [0.2, 0.25) is 5.78 Å². The summed E-state index contributed by atoms with van der Waals surface area (Å²) in [7, 11) is -13.4. The van der Waals surface area contributed by atoms with Gasteiger partial charge in [0.15, 0.2) is 5.71 Å². The van der Waals surface area contributed by atoms with Gasteiger partial charge in [-0.25, -0.2) is 0 Å². The number of Topliss-reactive ketones (excluding diaryl/α,β-unsaturated/α-hetero) is 1. The standard InChI is InChI=1S/C33H24ClN5O11S3/c1-50-28-17-27(37-36-26-12-7-19(34)15-29(26)52(44,45)46)25-16-22(51(41,42)43)9-11-24(25)31(28)38-39-32-30(53(47,48)49)14-18-13-21(8-10-23(18)33(32)40)35-20-5-3-2-4-6-20/h2-17,35,38H,1H3,(H,41,42,43)(H,44,45,46)(H,47,48,49)/b37-36?,39-32-. The van der Waals surface area contributed by atoms with Gasteiger partial charge in [0, 0.05) is 38.8 Å². The highest BCUT2D eigenvalue weighted by atomic mass is 35.5. The average molecular weight is 798 g/mol. The second kappa shape index (κ2) is 14.1. The first-order chi connectivity index (χ1) is 24.9. The van der Waals surface area contributed by atoms with Crippen LogP contribution in [0.5, 0.6) is 5.75 Å². The third-order valence-electron chi connectivity index (χ3n) is 7.68. The molecule has 0 aromatic heterocycles. The molecule has 0 amide bonds. The predicted molar refractivity (Wildman–Crippen MR) is 197 cm³/mol. The molecular formula is C33H24ClN5O11S3. The number of halogens is 1. The molecule has 5 N–H and O–H groups in total. The lowest BCUT2D eigenvalue weighted by Gasteiger charge is -2.18. The van der Waals surface area contributed by atoms with Crippen LogP contribution < -0.4 is 15.5 Å². The van der Waals surface area contributed by atoms with Gasteiger partial charge in [-0.2, -0.15) is 30.4 Å². The zero-order chi connectivity index (χ0) is 38.3. The van der Waals surface area contributed by atoms with Crippen molar-refractivity contribution in [2.45, 2.75) is 9.79 Å². The van der Waals surface area contributed by atoms with Crippen molar-refractivity contribution in [3.05, 3.63) is 112 Å². The number of rotatable bonds is 10. The summed E-state index contributed by atoms with van der Waals surface area (Å²) in [6.45, 7) is 0. The molecule has 0 atom stereocenters. The number of methoxy groups -OCH3 is 1. The number of para-hydroxylation sites is 1. The summed E-state index contributed by atoms with van der Waals surface area (Å²) in [6, 6.07) is 21.5. The predicted octanol–water partition coefficient (Wildman–Crippen LogP) is 7.05. The number of benzene rings is 5. The maximum atomic E-state index is 13.7. The molecule has 272 valence electrons. The lowest BCUT2D eigenvalue weighted by atomic mass is 9.94. The van der Waals surface area contributed by atoms with Crippen LogP contribution in [0, 0.1) is 0 Å². The Bertz CT molecular complexity index is 2770. The number of ether oxygens (including phenoxy) is 1. The van der Waals surface area contributed by atoms with Gasteiger partial charge in [-0.3, -0.25) is 23.9 Å². The molecule has 0 saturated heterocycles. The summed E-state index contributed by atoms with van der Waals surface area (Å²) < 4.78 is 108. The third kappa shape index (κ3) is 7.95. The fourth-order valence-electron chi connectivity index (χ4n) is 5.28. The highest BCUT2D eigenvalue weighted by Crippen LogP contribution is 2.42. The molecule has 5 aromatic carbocycles. The zero-order valence-corrected chi connectivity index (χ0v) is 30.0. The highest BCUT2D eigenvalue weighted by molar-refractivity contribution is 7.91. The summed E-state index contributed by atoms with van der Waals surface area (Å²) in [5.74, 6) is -0.937. The van der Waals surface area contributed by atoms with Crippen LogP contribution in [-0.2, 0) is 30.4 Å². The zero-order valence-electron chi connectivity index (χ0n) is 26.8. The molecule has 0 spiro atoms. The van der Waals surface area contributed by atoms with E-state index in [-0.39, 0.29) is 49.7 Å². The molecule has 0 bridgehead atoms. The number of fused-ring (bicyclic) bond motifs is 2. The van der Waals surface area contributed by atoms with Crippen molar-refractivity contribution >= 4 is 98.7 Å². The first kappa shape index (κ1) is 37.2. The van der Waals surface area contributed by atoms with E-state index in [4.69, 9.17) is 16.3 Å². The SMILES string of the molecule is COc1cc(N=Nc2ccc(Cl)cc2S(=O)(=O)O)c2cc(S(=O)(=O)O)ccc2c1N/N=C1\C(=O)c2ccc(Nc3ccccc3)cc2C=C1S(=O)(=O)O. The summed E-state index contributed by atoms with van der Waals surface area (Å²) in [4.78, 5) is 11.6. The van der Waals surface area contributed by atoms with Gasteiger partial charge in [0.05, 0.1) is 17.7 Å². The summed E-state index contributed by atoms with van der Waals surface area (Å²) in [5, 5.41) is 15.2. The minimum Gasteiger partial charge on any atom is -0.494 e. The number of hydrogen-bond donors (Lipinski definition) is 5. The minimum absolute atomic E-state index is 0.0321. The molecular weight excluding hydrogens is 774 g/mol. The molecule has 6 rings (SSSR count). The Kier molecular flexibility index (Phi) is 9.92. The fraction of sp³-hybridized carbons (Fsp3) is 0.0303. The summed E-state index contributed by atoms with van der Waals surface area (Å²) in [6.07, 6.45) is 1.08. The molecule has 0 heterocycles. The molecule has 0 saturated carbocycles. The normalized spacial score (nSPS) is 14.3. The number of allylic oxidation sites excluding steroid dienone is 1. The Morgan fingerprint density at radius 1 is 0.717 bits per heavy atom. The Hall–Kier alpha value is -5.54. The topological polar surface area (TPSA) is 251 Å². The van der Waals surface area contributed by atoms with Crippen molar-refractivity contribution in [1.82, 2.24) is 0 Å². The van der Waals surface area contributed by atoms with Gasteiger partial charge in [-0.15, -0.1) is 10.2 Å². The first-order valence-corrected chi connectivity index (χ1v) is 19.5. The van der Waals surface area contributed by atoms with Crippen LogP contribution in [0.25, 0.3) is 16.8 Å². The number of hydrogen-bond acceptors (Lipinski definition) is 13. The largest absolute Gasteiger partial charge is 0.494 e. The van der Waals surface area contributed by atoms with E-state index in [1.165, 1.54) is 37.4 Å². The van der Waals surface area contributed by atoms with E-state index in [0.717, 1.165) is 36.0 Å². The van der Waals surface area contributed by atoms with Gasteiger partial charge < -0.3 is 10.1 Å². The van der Waals surface area contributed by atoms with E-state index in [1.54, 1.807) is 18.2 Å². The van der Waals surface area contributed by atoms with Crippen molar-refractivity contribution in [3.8, 4) is 5.75 Å². The summed E-state index contributed by atoms with van der Waals surface area (Å²) >= 11 is 5.89. The maximum absolute atomic E-state index is 13.7. The number of carbonyl (C=O) groups excluding carboxylic acids is 1. The maximum Gasteiger partial charge on any atom is 0.296 e. The van der Waals surface area contributed by atoms with Crippen molar-refractivity contribution in [1.29, 1.82) is 0 Å². The molecule has 0 aliphatic heterocycles. The quantitative estimate of drug-likeness (QED) is 0.0540. The summed E-state index contributed by atoms with van der Waals surface area (Å²) in [5.41, 5.74) is 2.83. The molecule has 0 unspecified atom stereocenters. The molecule has 1 aliphatic carbocycles. The van der Waals surface area contributed by atoms with Crippen molar-refractivity contribution < 1.29 is 48.4 Å². The van der Waals surface area contributed by atoms with Crippen molar-refractivity contribution in [3.63, 3.8) is 0 Å². The molecule has 1 aliphatic rings. The van der Waals surface area contributed by atoms with E-state index in [0.29, 0.717) is 5.69 Å². The number of hydrazone groups is 1. The fourth-order valence-corrected chi connectivity index (χ4v) is 7.33. The van der Waals surface area contributed by atoms with Gasteiger partial charge in [-0.05, 0) is 72.3 Å². The molecule has 5 aromatic rings. The van der Waals surface area contributed by atoms with Crippen LogP contribution >= 0.6 is 11.6 Å². The molecule has 20 heteroatoms. The second-order valence-electron chi connectivity index (χ2n) is 11.1. The van der Waals surface area contributed by atoms with Crippen LogP contribution in [-0.4, -0.2) is 57.5 Å². The number of ketones is 1. The van der Waals surface area contributed by atoms with Crippen LogP contribution in [0.3, 0.4) is 0 Å². The Balaban J connectivity index is 1.47. The second-order valence-corrected chi connectivity index (χ2v) is 15.8. The first-order valence-electron chi connectivity index (χ1n) is 14.8. The van der Waals surface area contributed by atoms with Crippen LogP contribution in [0.1, 0.15) is 15.9 Å². The number of nitrogens with one attached hydrogen (secondary N) is 2. The highest BCUT2D eigenvalue weighted by Gasteiger charge is 2.33. The van der Waals surface area contributed by atoms with E-state index in [2.05, 4.69) is 26.1 Å². The number of anilines is 3. The van der Waals surface area contributed by atoms with E-state index in [1.807, 2.05) is 18.2 Å². The lowest BCUT2D eigenvalue weighted by Crippen LogP contribution is -2.27. The Labute approximate surface area is 306 Å². The molecule has 16 nitrogen and oxygen atoms in total. The van der Waals surface area contributed by atoms with E-state index in [9.17, 15) is 43.7 Å². The van der Waals surface area contributed by atoms with Gasteiger partial charge in [0.25, 0.3) is 30.4 Å². The van der Waals surface area contributed by atoms with Crippen LogP contribution in [0.4, 0.5) is 28.4 Å². The number of carbonyl (C=O) groups is 1. The van der Waals surface area contributed by atoms with E-state index >= 15 is 0 Å². The minimum atomic E-state index is -5.04. The molecule has 0 radical (unpaired) electrons. The van der Waals surface area contributed by atoms with E-state index < -0.39 is 56.5 Å². The van der Waals surface area contributed by atoms with Gasteiger partial charge in [0.1, 0.15) is 26.9 Å². The van der Waals surface area contributed by atoms with Gasteiger partial charge in [-0.1, -0.05) is 35.9 Å². The smallest absolute Gasteiger partial charge is 0.296 e. The van der Waals surface area contributed by atoms with Crippen LogP contribution in [0.15, 0.2) is 121 Å². The number of nitrogens with zero attached hydrogens (tertiary/aromatic N) is 3. The Morgan fingerprint density at radius 2 is 1.43 bits per heavy atom. The Morgan fingerprint density at radius 3 is 2.09 bits per heavy atom. The van der Waals surface area contributed by atoms with Crippen molar-refractivity contribution in [2.75, 3.05) is 17.9 Å². The lowest BCUT2D eigenvalue weighted by molar-refractivity contribution is 0.106. The van der Waals surface area contributed by atoms with Crippen molar-refractivity contribution in [2.24, 2.45) is 15.3 Å². The molecule has 53 heavy (non-hydrogen) atoms. The monoisotopic (exact) mass is 797 g/mol. The van der Waals surface area contributed by atoms with Gasteiger partial charge >= 0.3 is 0 Å². The third-order valence-corrected chi connectivity index (χ3v) is 10.5. The van der Waals surface area contributed by atoms with Crippen LogP contribution in [0.2, 0.25) is 5.02 Å². The molecule has 0 fully saturated rings. The number of azo groups is 1. The average Bonchev–Trinajstić information content (AvgIpc) is 3.09.